The third-order valence-electron chi connectivity index (χ3n) is 5.88. The fourth-order valence-corrected chi connectivity index (χ4v) is 4.14. The summed E-state index contributed by atoms with van der Waals surface area (Å²) >= 11 is 0. The van der Waals surface area contributed by atoms with Crippen LogP contribution in [0.2, 0.25) is 0 Å². The van der Waals surface area contributed by atoms with E-state index in [0.29, 0.717) is 11.5 Å². The van der Waals surface area contributed by atoms with Crippen molar-refractivity contribution in [3.05, 3.63) is 94.5 Å². The van der Waals surface area contributed by atoms with E-state index in [2.05, 4.69) is 35.6 Å². The molecule has 3 nitrogen and oxygen atoms in total. The SMILES string of the molecule is COc1ccc2c(c1)CCC(Cc1ccc(C(=O)Nc3ccccc3C)cc1)C2. The second-order valence-corrected chi connectivity index (χ2v) is 7.91. The Morgan fingerprint density at radius 1 is 1.03 bits per heavy atom. The lowest BCUT2D eigenvalue weighted by molar-refractivity contribution is 0.102. The van der Waals surface area contributed by atoms with Crippen molar-refractivity contribution in [2.45, 2.75) is 32.6 Å². The molecule has 1 unspecified atom stereocenters. The van der Waals surface area contributed by atoms with Crippen LogP contribution in [-0.2, 0) is 19.3 Å². The van der Waals surface area contributed by atoms with Gasteiger partial charge in [-0.1, -0.05) is 36.4 Å². The van der Waals surface area contributed by atoms with E-state index in [1.807, 2.05) is 43.3 Å². The predicted molar refractivity (Wildman–Crippen MR) is 118 cm³/mol. The minimum absolute atomic E-state index is 0.0635. The van der Waals surface area contributed by atoms with Crippen LogP contribution >= 0.6 is 0 Å². The first kappa shape index (κ1) is 19.3. The van der Waals surface area contributed by atoms with Crippen LogP contribution in [0.25, 0.3) is 0 Å². The number of hydrogen-bond donors (Lipinski definition) is 1. The molecule has 148 valence electrons. The van der Waals surface area contributed by atoms with Gasteiger partial charge in [-0.3, -0.25) is 4.79 Å². The Hall–Kier alpha value is -3.07. The number of anilines is 1. The molecule has 1 aliphatic rings. The molecule has 1 atom stereocenters. The molecule has 4 rings (SSSR count). The molecule has 0 fully saturated rings. The third-order valence-corrected chi connectivity index (χ3v) is 5.88. The Labute approximate surface area is 172 Å². The highest BCUT2D eigenvalue weighted by Crippen LogP contribution is 2.30. The number of ether oxygens (including phenoxy) is 1. The summed E-state index contributed by atoms with van der Waals surface area (Å²) in [6.45, 7) is 2.00. The molecular weight excluding hydrogens is 358 g/mol. The summed E-state index contributed by atoms with van der Waals surface area (Å²) in [6, 6.07) is 22.3. The molecule has 0 aromatic heterocycles. The number of fused-ring (bicyclic) bond motifs is 1. The average molecular weight is 386 g/mol. The molecule has 0 saturated carbocycles. The number of carbonyl (C=O) groups excluding carboxylic acids is 1. The topological polar surface area (TPSA) is 38.3 Å². The molecule has 0 bridgehead atoms. The quantitative estimate of drug-likeness (QED) is 0.620. The molecule has 0 radical (unpaired) electrons. The number of nitrogens with one attached hydrogen (secondary N) is 1. The fraction of sp³-hybridized carbons (Fsp3) is 0.269. The molecule has 1 N–H and O–H groups in total. The van der Waals surface area contributed by atoms with Gasteiger partial charge in [0.05, 0.1) is 7.11 Å². The maximum Gasteiger partial charge on any atom is 0.255 e. The van der Waals surface area contributed by atoms with Crippen LogP contribution in [0.3, 0.4) is 0 Å². The van der Waals surface area contributed by atoms with Gasteiger partial charge >= 0.3 is 0 Å². The smallest absolute Gasteiger partial charge is 0.255 e. The minimum Gasteiger partial charge on any atom is -0.497 e. The largest absolute Gasteiger partial charge is 0.497 e. The van der Waals surface area contributed by atoms with Gasteiger partial charge in [-0.05, 0) is 91.1 Å². The highest BCUT2D eigenvalue weighted by Gasteiger charge is 2.19. The first-order valence-corrected chi connectivity index (χ1v) is 10.2. The zero-order valence-electron chi connectivity index (χ0n) is 17.1. The molecule has 0 aliphatic heterocycles. The van der Waals surface area contributed by atoms with E-state index in [1.165, 1.54) is 23.1 Å². The van der Waals surface area contributed by atoms with Crippen molar-refractivity contribution in [3.63, 3.8) is 0 Å². The third kappa shape index (κ3) is 4.51. The number of aryl methyl sites for hydroxylation is 2. The van der Waals surface area contributed by atoms with Crippen molar-refractivity contribution >= 4 is 11.6 Å². The Balaban J connectivity index is 1.38. The number of hydrogen-bond acceptors (Lipinski definition) is 2. The number of amides is 1. The molecule has 3 aromatic carbocycles. The Morgan fingerprint density at radius 3 is 2.59 bits per heavy atom. The van der Waals surface area contributed by atoms with Crippen molar-refractivity contribution < 1.29 is 9.53 Å². The van der Waals surface area contributed by atoms with Gasteiger partial charge in [0.25, 0.3) is 5.91 Å². The summed E-state index contributed by atoms with van der Waals surface area (Å²) in [4.78, 5) is 12.5. The van der Waals surface area contributed by atoms with Gasteiger partial charge in [-0.2, -0.15) is 0 Å². The molecule has 3 heteroatoms. The van der Waals surface area contributed by atoms with Crippen LogP contribution in [0.5, 0.6) is 5.75 Å². The van der Waals surface area contributed by atoms with Crippen LogP contribution in [0.1, 0.15) is 39.0 Å². The lowest BCUT2D eigenvalue weighted by atomic mass is 9.80. The van der Waals surface area contributed by atoms with E-state index in [9.17, 15) is 4.79 Å². The monoisotopic (exact) mass is 385 g/mol. The van der Waals surface area contributed by atoms with Gasteiger partial charge in [0.1, 0.15) is 5.75 Å². The minimum atomic E-state index is -0.0635. The van der Waals surface area contributed by atoms with Crippen molar-refractivity contribution in [1.82, 2.24) is 0 Å². The molecule has 1 amide bonds. The van der Waals surface area contributed by atoms with Gasteiger partial charge in [0.2, 0.25) is 0 Å². The Morgan fingerprint density at radius 2 is 1.83 bits per heavy atom. The van der Waals surface area contributed by atoms with Crippen LogP contribution in [0.4, 0.5) is 5.69 Å². The average Bonchev–Trinajstić information content (AvgIpc) is 2.75. The first-order valence-electron chi connectivity index (χ1n) is 10.2. The van der Waals surface area contributed by atoms with Crippen molar-refractivity contribution in [1.29, 1.82) is 0 Å². The van der Waals surface area contributed by atoms with Crippen LogP contribution in [0, 0.1) is 12.8 Å². The lowest BCUT2D eigenvalue weighted by Crippen LogP contribution is -2.17. The number of carbonyl (C=O) groups is 1. The number of rotatable bonds is 5. The summed E-state index contributed by atoms with van der Waals surface area (Å²) in [7, 11) is 1.72. The van der Waals surface area contributed by atoms with Gasteiger partial charge < -0.3 is 10.1 Å². The summed E-state index contributed by atoms with van der Waals surface area (Å²) in [5.74, 6) is 1.52. The van der Waals surface area contributed by atoms with E-state index < -0.39 is 0 Å². The second kappa shape index (κ2) is 8.52. The maximum atomic E-state index is 12.5. The Bertz CT molecular complexity index is 1010. The van der Waals surface area contributed by atoms with E-state index in [0.717, 1.165) is 36.3 Å². The normalized spacial score (nSPS) is 15.4. The van der Waals surface area contributed by atoms with E-state index >= 15 is 0 Å². The Kier molecular flexibility index (Phi) is 5.66. The highest BCUT2D eigenvalue weighted by atomic mass is 16.5. The van der Waals surface area contributed by atoms with Crippen molar-refractivity contribution in [2.24, 2.45) is 5.92 Å². The van der Waals surface area contributed by atoms with Crippen LogP contribution in [0.15, 0.2) is 66.7 Å². The predicted octanol–water partition coefficient (Wildman–Crippen LogP) is 5.60. The highest BCUT2D eigenvalue weighted by molar-refractivity contribution is 6.04. The number of methoxy groups -OCH3 is 1. The van der Waals surface area contributed by atoms with Gasteiger partial charge in [0.15, 0.2) is 0 Å². The van der Waals surface area contributed by atoms with Crippen molar-refractivity contribution in [2.75, 3.05) is 12.4 Å². The van der Waals surface area contributed by atoms with E-state index in [1.54, 1.807) is 7.11 Å². The molecular formula is C26H27NO2. The van der Waals surface area contributed by atoms with Crippen LogP contribution < -0.4 is 10.1 Å². The first-order chi connectivity index (χ1) is 14.1. The summed E-state index contributed by atoms with van der Waals surface area (Å²) in [6.07, 6.45) is 4.45. The standard InChI is InChI=1S/C26H27NO2/c1-18-5-3-4-6-25(18)27-26(28)21-10-7-19(8-11-21)15-20-9-12-23-17-24(29-2)14-13-22(23)16-20/h3-8,10-11,13-14,17,20H,9,12,15-16H2,1-2H3,(H,27,28). The molecule has 0 saturated heterocycles. The second-order valence-electron chi connectivity index (χ2n) is 7.91. The molecule has 0 heterocycles. The maximum absolute atomic E-state index is 12.5. The van der Waals surface area contributed by atoms with E-state index in [-0.39, 0.29) is 5.91 Å². The van der Waals surface area contributed by atoms with Gasteiger partial charge in [-0.25, -0.2) is 0 Å². The zero-order chi connectivity index (χ0) is 20.2. The zero-order valence-corrected chi connectivity index (χ0v) is 17.1. The molecule has 1 aliphatic carbocycles. The van der Waals surface area contributed by atoms with Crippen LogP contribution in [-0.4, -0.2) is 13.0 Å². The number of benzene rings is 3. The van der Waals surface area contributed by atoms with Crippen molar-refractivity contribution in [3.8, 4) is 5.75 Å². The fourth-order valence-electron chi connectivity index (χ4n) is 4.14. The van der Waals surface area contributed by atoms with E-state index in [4.69, 9.17) is 4.74 Å². The summed E-state index contributed by atoms with van der Waals surface area (Å²) in [5.41, 5.74) is 6.77. The summed E-state index contributed by atoms with van der Waals surface area (Å²) < 4.78 is 5.34. The van der Waals surface area contributed by atoms with Gasteiger partial charge in [-0.15, -0.1) is 0 Å². The number of para-hydroxylation sites is 1. The lowest BCUT2D eigenvalue weighted by Gasteiger charge is -2.25. The summed E-state index contributed by atoms with van der Waals surface area (Å²) in [5, 5.41) is 3.00. The molecule has 29 heavy (non-hydrogen) atoms. The molecule has 3 aromatic rings. The molecule has 0 spiro atoms. The van der Waals surface area contributed by atoms with Gasteiger partial charge in [0, 0.05) is 11.3 Å².